The summed E-state index contributed by atoms with van der Waals surface area (Å²) in [5, 5.41) is 8.26. The predicted molar refractivity (Wildman–Crippen MR) is 92.9 cm³/mol. The Balaban J connectivity index is 1.57. The van der Waals surface area contributed by atoms with Crippen molar-refractivity contribution >= 4 is 23.2 Å². The molecule has 3 rings (SSSR count). The van der Waals surface area contributed by atoms with E-state index in [2.05, 4.69) is 20.9 Å². The Labute approximate surface area is 144 Å². The molecule has 2 aromatic rings. The summed E-state index contributed by atoms with van der Waals surface area (Å²) in [7, 11) is 0. The monoisotopic (exact) mass is 346 g/mol. The fraction of sp³-hybridized carbons (Fsp3) is 0.333. The smallest absolute Gasteiger partial charge is 0.319 e. The van der Waals surface area contributed by atoms with Crippen LogP contribution in [0.5, 0.6) is 0 Å². The van der Waals surface area contributed by atoms with Crippen molar-refractivity contribution in [2.75, 3.05) is 10.6 Å². The minimum Gasteiger partial charge on any atom is -0.335 e. The molecule has 7 heteroatoms. The summed E-state index contributed by atoms with van der Waals surface area (Å²) in [4.78, 5) is 16.1. The largest absolute Gasteiger partial charge is 0.335 e. The molecule has 25 heavy (non-hydrogen) atoms. The van der Waals surface area contributed by atoms with Crippen molar-refractivity contribution in [3.8, 4) is 0 Å². The number of carbonyl (C=O) groups is 1. The van der Waals surface area contributed by atoms with E-state index in [9.17, 15) is 13.6 Å². The summed E-state index contributed by atoms with van der Waals surface area (Å²) >= 11 is 0. The molecule has 0 saturated heterocycles. The summed E-state index contributed by atoms with van der Waals surface area (Å²) < 4.78 is 27.2. The molecule has 0 bridgehead atoms. The molecule has 1 fully saturated rings. The number of amides is 2. The Morgan fingerprint density at radius 3 is 2.40 bits per heavy atom. The number of nitrogens with one attached hydrogen (secondary N) is 3. The van der Waals surface area contributed by atoms with Gasteiger partial charge < -0.3 is 16.0 Å². The summed E-state index contributed by atoms with van der Waals surface area (Å²) in [5.41, 5.74) is 0.249. The van der Waals surface area contributed by atoms with Crippen LogP contribution >= 0.6 is 0 Å². The molecule has 0 unspecified atom stereocenters. The topological polar surface area (TPSA) is 66.0 Å². The summed E-state index contributed by atoms with van der Waals surface area (Å²) in [6.07, 6.45) is 6.94. The third-order valence-corrected chi connectivity index (χ3v) is 4.18. The molecule has 0 radical (unpaired) electrons. The Morgan fingerprint density at radius 2 is 1.76 bits per heavy atom. The maximum absolute atomic E-state index is 13.6. The lowest BCUT2D eigenvalue weighted by Gasteiger charge is -2.22. The SMILES string of the molecule is O=C(Nc1ccc(Nc2c(F)cccc2F)nc1)NC1CCCCC1. The first-order chi connectivity index (χ1) is 12.1. The molecule has 1 aliphatic carbocycles. The average Bonchev–Trinajstić information content (AvgIpc) is 2.60. The van der Waals surface area contributed by atoms with Gasteiger partial charge in [0.1, 0.15) is 23.1 Å². The van der Waals surface area contributed by atoms with Crippen molar-refractivity contribution in [2.24, 2.45) is 0 Å². The summed E-state index contributed by atoms with van der Waals surface area (Å²) in [5.74, 6) is -1.12. The molecule has 0 spiro atoms. The lowest BCUT2D eigenvalue weighted by molar-refractivity contribution is 0.244. The van der Waals surface area contributed by atoms with Gasteiger partial charge in [-0.15, -0.1) is 0 Å². The normalized spacial score (nSPS) is 14.8. The lowest BCUT2D eigenvalue weighted by atomic mass is 9.96. The lowest BCUT2D eigenvalue weighted by Crippen LogP contribution is -2.39. The van der Waals surface area contributed by atoms with Crippen molar-refractivity contribution in [3.63, 3.8) is 0 Å². The van der Waals surface area contributed by atoms with Crippen LogP contribution in [0.4, 0.5) is 30.8 Å². The van der Waals surface area contributed by atoms with Crippen molar-refractivity contribution in [1.82, 2.24) is 10.3 Å². The first-order valence-electron chi connectivity index (χ1n) is 8.36. The van der Waals surface area contributed by atoms with Gasteiger partial charge in [-0.25, -0.2) is 18.6 Å². The highest BCUT2D eigenvalue weighted by Crippen LogP contribution is 2.22. The van der Waals surface area contributed by atoms with E-state index in [4.69, 9.17) is 0 Å². The molecule has 0 aliphatic heterocycles. The van der Waals surface area contributed by atoms with Crippen molar-refractivity contribution in [1.29, 1.82) is 0 Å². The number of aromatic nitrogens is 1. The average molecular weight is 346 g/mol. The molecule has 1 aromatic heterocycles. The van der Waals surface area contributed by atoms with Crippen LogP contribution in [-0.4, -0.2) is 17.1 Å². The molecule has 1 saturated carbocycles. The molecule has 0 atom stereocenters. The van der Waals surface area contributed by atoms with Crippen molar-refractivity contribution in [2.45, 2.75) is 38.1 Å². The first kappa shape index (κ1) is 17.1. The number of anilines is 3. The number of carbonyl (C=O) groups excluding carboxylic acids is 1. The minimum atomic E-state index is -0.698. The predicted octanol–water partition coefficient (Wildman–Crippen LogP) is 4.56. The Bertz CT molecular complexity index is 710. The van der Waals surface area contributed by atoms with Crippen LogP contribution in [0.25, 0.3) is 0 Å². The number of halogens is 2. The van der Waals surface area contributed by atoms with Crippen molar-refractivity contribution in [3.05, 3.63) is 48.2 Å². The number of urea groups is 1. The Hall–Kier alpha value is -2.70. The number of hydrogen-bond acceptors (Lipinski definition) is 3. The highest BCUT2D eigenvalue weighted by atomic mass is 19.1. The molecule has 2 amide bonds. The molecule has 1 aliphatic rings. The zero-order valence-corrected chi connectivity index (χ0v) is 13.7. The quantitative estimate of drug-likeness (QED) is 0.760. The van der Waals surface area contributed by atoms with Crippen LogP contribution in [0.15, 0.2) is 36.5 Å². The van der Waals surface area contributed by atoms with Gasteiger partial charge in [0.25, 0.3) is 0 Å². The van der Waals surface area contributed by atoms with Gasteiger partial charge in [-0.2, -0.15) is 0 Å². The fourth-order valence-corrected chi connectivity index (χ4v) is 2.89. The summed E-state index contributed by atoms with van der Waals surface area (Å²) in [6, 6.07) is 6.73. The number of para-hydroxylation sites is 1. The van der Waals surface area contributed by atoms with E-state index in [1.807, 2.05) is 0 Å². The van der Waals surface area contributed by atoms with Crippen LogP contribution in [0, 0.1) is 11.6 Å². The zero-order chi connectivity index (χ0) is 17.6. The van der Waals surface area contributed by atoms with E-state index in [0.29, 0.717) is 5.69 Å². The molecular weight excluding hydrogens is 326 g/mol. The van der Waals surface area contributed by atoms with Crippen LogP contribution in [0.3, 0.4) is 0 Å². The minimum absolute atomic E-state index is 0.215. The molecular formula is C18H20F2N4O. The zero-order valence-electron chi connectivity index (χ0n) is 13.7. The maximum atomic E-state index is 13.6. The molecule has 3 N–H and O–H groups in total. The number of rotatable bonds is 4. The van der Waals surface area contributed by atoms with Crippen LogP contribution < -0.4 is 16.0 Å². The second-order valence-corrected chi connectivity index (χ2v) is 6.09. The van der Waals surface area contributed by atoms with Crippen LogP contribution in [-0.2, 0) is 0 Å². The van der Waals surface area contributed by atoms with Crippen LogP contribution in [0.2, 0.25) is 0 Å². The molecule has 132 valence electrons. The van der Waals surface area contributed by atoms with E-state index in [1.54, 1.807) is 12.1 Å². The molecule has 1 heterocycles. The number of pyridine rings is 1. The molecule has 1 aromatic carbocycles. The van der Waals surface area contributed by atoms with Gasteiger partial charge in [0.15, 0.2) is 0 Å². The van der Waals surface area contributed by atoms with Crippen molar-refractivity contribution < 1.29 is 13.6 Å². The third kappa shape index (κ3) is 4.65. The highest BCUT2D eigenvalue weighted by molar-refractivity contribution is 5.89. The first-order valence-corrected chi connectivity index (χ1v) is 8.36. The number of hydrogen-bond donors (Lipinski definition) is 3. The standard InChI is InChI=1S/C18H20F2N4O/c19-14-7-4-8-15(20)17(14)24-16-10-9-13(11-21-16)23-18(25)22-12-5-2-1-3-6-12/h4,7-12H,1-3,5-6H2,(H,21,24)(H2,22,23,25). The third-order valence-electron chi connectivity index (χ3n) is 4.18. The Morgan fingerprint density at radius 1 is 1.04 bits per heavy atom. The van der Waals surface area contributed by atoms with Gasteiger partial charge in [-0.3, -0.25) is 0 Å². The van der Waals surface area contributed by atoms with Gasteiger partial charge in [-0.05, 0) is 37.1 Å². The Kier molecular flexibility index (Phi) is 5.42. The van der Waals surface area contributed by atoms with E-state index >= 15 is 0 Å². The van der Waals surface area contributed by atoms with E-state index < -0.39 is 11.6 Å². The van der Waals surface area contributed by atoms with Gasteiger partial charge in [-0.1, -0.05) is 25.3 Å². The second-order valence-electron chi connectivity index (χ2n) is 6.09. The maximum Gasteiger partial charge on any atom is 0.319 e. The second kappa shape index (κ2) is 7.92. The van der Waals surface area contributed by atoms with Gasteiger partial charge in [0, 0.05) is 6.04 Å². The van der Waals surface area contributed by atoms with Gasteiger partial charge in [0.2, 0.25) is 0 Å². The summed E-state index contributed by atoms with van der Waals surface area (Å²) in [6.45, 7) is 0. The van der Waals surface area contributed by atoms with E-state index in [1.165, 1.54) is 18.7 Å². The van der Waals surface area contributed by atoms with E-state index in [-0.39, 0.29) is 23.6 Å². The number of nitrogens with zero attached hydrogens (tertiary/aromatic N) is 1. The highest BCUT2D eigenvalue weighted by Gasteiger charge is 2.15. The molecule has 5 nitrogen and oxygen atoms in total. The van der Waals surface area contributed by atoms with Crippen LogP contribution in [0.1, 0.15) is 32.1 Å². The van der Waals surface area contributed by atoms with Gasteiger partial charge in [0.05, 0.1) is 11.9 Å². The fourth-order valence-electron chi connectivity index (χ4n) is 2.89. The number of benzene rings is 1. The van der Waals surface area contributed by atoms with Gasteiger partial charge >= 0.3 is 6.03 Å². The van der Waals surface area contributed by atoms with E-state index in [0.717, 1.165) is 37.8 Å².